The first-order chi connectivity index (χ1) is 7.85. The number of halogens is 1. The first-order valence-electron chi connectivity index (χ1n) is 5.18. The topological polar surface area (TPSA) is 43.1 Å². The molecule has 0 bridgehead atoms. The lowest BCUT2D eigenvalue weighted by atomic mass is 9.99. The van der Waals surface area contributed by atoms with Crippen LogP contribution in [-0.2, 0) is 6.54 Å². The summed E-state index contributed by atoms with van der Waals surface area (Å²) in [4.78, 5) is 10.6. The van der Waals surface area contributed by atoms with Gasteiger partial charge in [0.15, 0.2) is 0 Å². The smallest absolute Gasteiger partial charge is 0.150 e. The Labute approximate surface area is 107 Å². The summed E-state index contributed by atoms with van der Waals surface area (Å²) < 4.78 is 0. The van der Waals surface area contributed by atoms with Gasteiger partial charge in [0.05, 0.1) is 0 Å². The van der Waals surface area contributed by atoms with Crippen molar-refractivity contribution >= 4 is 18.7 Å². The molecule has 0 unspecified atom stereocenters. The predicted molar refractivity (Wildman–Crippen MR) is 72.4 cm³/mol. The number of nitrogens with two attached hydrogens (primary N) is 1. The third kappa shape index (κ3) is 2.93. The third-order valence-electron chi connectivity index (χ3n) is 2.60. The van der Waals surface area contributed by atoms with Crippen LogP contribution in [0.3, 0.4) is 0 Å². The molecular weight excluding hydrogens is 234 g/mol. The number of benzene rings is 2. The van der Waals surface area contributed by atoms with Gasteiger partial charge in [0.25, 0.3) is 0 Å². The monoisotopic (exact) mass is 247 g/mol. The molecule has 0 aliphatic carbocycles. The van der Waals surface area contributed by atoms with Crippen molar-refractivity contribution < 1.29 is 4.79 Å². The highest BCUT2D eigenvalue weighted by Crippen LogP contribution is 2.23. The van der Waals surface area contributed by atoms with Crippen molar-refractivity contribution in [1.82, 2.24) is 0 Å². The van der Waals surface area contributed by atoms with Crippen molar-refractivity contribution in [1.29, 1.82) is 0 Å². The maximum Gasteiger partial charge on any atom is 0.150 e. The van der Waals surface area contributed by atoms with Crippen LogP contribution < -0.4 is 5.73 Å². The van der Waals surface area contributed by atoms with Gasteiger partial charge in [-0.2, -0.15) is 0 Å². The zero-order chi connectivity index (χ0) is 11.4. The summed E-state index contributed by atoms with van der Waals surface area (Å²) in [6.07, 6.45) is 0.846. The molecular formula is C14H14ClNO. The zero-order valence-electron chi connectivity index (χ0n) is 9.30. The average molecular weight is 248 g/mol. The average Bonchev–Trinajstić information content (AvgIpc) is 2.39. The van der Waals surface area contributed by atoms with Crippen LogP contribution in [0.15, 0.2) is 48.5 Å². The van der Waals surface area contributed by atoms with E-state index < -0.39 is 0 Å². The Morgan fingerprint density at radius 2 is 1.65 bits per heavy atom. The largest absolute Gasteiger partial charge is 0.326 e. The lowest BCUT2D eigenvalue weighted by Gasteiger charge is -2.07. The molecule has 88 valence electrons. The van der Waals surface area contributed by atoms with E-state index in [1.165, 1.54) is 0 Å². The molecule has 0 aliphatic heterocycles. The Balaban J connectivity index is 0.00000144. The van der Waals surface area contributed by atoms with Crippen molar-refractivity contribution in [2.75, 3.05) is 0 Å². The molecule has 2 rings (SSSR count). The molecule has 0 amide bonds. The van der Waals surface area contributed by atoms with Gasteiger partial charge in [-0.25, -0.2) is 0 Å². The first kappa shape index (κ1) is 13.4. The Bertz CT molecular complexity index is 494. The molecule has 3 heteroatoms. The summed E-state index contributed by atoms with van der Waals surface area (Å²) in [6, 6.07) is 15.5. The summed E-state index contributed by atoms with van der Waals surface area (Å²) in [5.41, 5.74) is 9.71. The normalized spacial score (nSPS) is 9.47. The molecule has 0 spiro atoms. The van der Waals surface area contributed by atoms with Crippen LogP contribution in [0.25, 0.3) is 11.1 Å². The van der Waals surface area contributed by atoms with Crippen LogP contribution in [-0.4, -0.2) is 6.29 Å². The summed E-state index contributed by atoms with van der Waals surface area (Å²) in [7, 11) is 0. The van der Waals surface area contributed by atoms with Crippen LogP contribution in [0.5, 0.6) is 0 Å². The standard InChI is InChI=1S/C14H13NO.ClH/c15-9-13-3-1-2-4-14(13)12-7-5-11(10-16)6-8-12;/h1-8,10H,9,15H2;1H. The van der Waals surface area contributed by atoms with Gasteiger partial charge in [0.2, 0.25) is 0 Å². The predicted octanol–water partition coefficient (Wildman–Crippen LogP) is 3.05. The Morgan fingerprint density at radius 3 is 2.24 bits per heavy atom. The van der Waals surface area contributed by atoms with Crippen LogP contribution in [0, 0.1) is 0 Å². The lowest BCUT2D eigenvalue weighted by molar-refractivity contribution is 0.112. The van der Waals surface area contributed by atoms with Gasteiger partial charge in [0, 0.05) is 12.1 Å². The SMILES string of the molecule is Cl.NCc1ccccc1-c1ccc(C=O)cc1. The van der Waals surface area contributed by atoms with E-state index in [-0.39, 0.29) is 12.4 Å². The Morgan fingerprint density at radius 1 is 1.00 bits per heavy atom. The summed E-state index contributed by atoms with van der Waals surface area (Å²) in [5.74, 6) is 0. The molecule has 0 fully saturated rings. The van der Waals surface area contributed by atoms with Gasteiger partial charge in [-0.05, 0) is 16.7 Å². The maximum absolute atomic E-state index is 10.6. The van der Waals surface area contributed by atoms with Gasteiger partial charge < -0.3 is 5.73 Å². The van der Waals surface area contributed by atoms with Gasteiger partial charge in [0.1, 0.15) is 6.29 Å². The summed E-state index contributed by atoms with van der Waals surface area (Å²) in [5, 5.41) is 0. The highest BCUT2D eigenvalue weighted by atomic mass is 35.5. The van der Waals surface area contributed by atoms with Crippen LogP contribution >= 0.6 is 12.4 Å². The van der Waals surface area contributed by atoms with Crippen molar-refractivity contribution in [2.45, 2.75) is 6.54 Å². The second-order valence-corrected chi connectivity index (χ2v) is 3.60. The Kier molecular flexibility index (Phi) is 4.88. The quantitative estimate of drug-likeness (QED) is 0.848. The molecule has 0 heterocycles. The minimum atomic E-state index is 0. The minimum absolute atomic E-state index is 0. The number of carbonyl (C=O) groups is 1. The van der Waals surface area contributed by atoms with Crippen LogP contribution in [0.1, 0.15) is 15.9 Å². The number of aldehydes is 1. The van der Waals surface area contributed by atoms with E-state index >= 15 is 0 Å². The second-order valence-electron chi connectivity index (χ2n) is 3.60. The zero-order valence-corrected chi connectivity index (χ0v) is 10.1. The van der Waals surface area contributed by atoms with Gasteiger partial charge in [-0.3, -0.25) is 4.79 Å². The fourth-order valence-corrected chi connectivity index (χ4v) is 1.72. The highest BCUT2D eigenvalue weighted by Gasteiger charge is 2.02. The van der Waals surface area contributed by atoms with E-state index in [4.69, 9.17) is 5.73 Å². The van der Waals surface area contributed by atoms with Crippen LogP contribution in [0.2, 0.25) is 0 Å². The number of carbonyl (C=O) groups excluding carboxylic acids is 1. The van der Waals surface area contributed by atoms with E-state index in [0.717, 1.165) is 23.0 Å². The summed E-state index contributed by atoms with van der Waals surface area (Å²) in [6.45, 7) is 0.519. The fraction of sp³-hybridized carbons (Fsp3) is 0.0714. The molecule has 0 saturated heterocycles. The number of hydrogen-bond acceptors (Lipinski definition) is 2. The molecule has 17 heavy (non-hydrogen) atoms. The second kappa shape index (κ2) is 6.18. The molecule has 0 saturated carbocycles. The Hall–Kier alpha value is -1.64. The van der Waals surface area contributed by atoms with Gasteiger partial charge in [-0.1, -0.05) is 48.5 Å². The molecule has 2 aromatic carbocycles. The van der Waals surface area contributed by atoms with E-state index in [2.05, 4.69) is 0 Å². The molecule has 0 aromatic heterocycles. The maximum atomic E-state index is 10.6. The molecule has 2 N–H and O–H groups in total. The van der Waals surface area contributed by atoms with Crippen molar-refractivity contribution in [2.24, 2.45) is 5.73 Å². The van der Waals surface area contributed by atoms with Gasteiger partial charge >= 0.3 is 0 Å². The lowest BCUT2D eigenvalue weighted by Crippen LogP contribution is -1.98. The molecule has 2 nitrogen and oxygen atoms in total. The minimum Gasteiger partial charge on any atom is -0.326 e. The molecule has 0 aliphatic rings. The van der Waals surface area contributed by atoms with Crippen molar-refractivity contribution in [3.63, 3.8) is 0 Å². The number of hydrogen-bond donors (Lipinski definition) is 1. The third-order valence-corrected chi connectivity index (χ3v) is 2.60. The van der Waals surface area contributed by atoms with E-state index in [9.17, 15) is 4.79 Å². The highest BCUT2D eigenvalue weighted by molar-refractivity contribution is 5.85. The van der Waals surface area contributed by atoms with E-state index in [1.54, 1.807) is 0 Å². The number of rotatable bonds is 3. The van der Waals surface area contributed by atoms with E-state index in [1.807, 2.05) is 48.5 Å². The van der Waals surface area contributed by atoms with Crippen molar-refractivity contribution in [3.05, 3.63) is 59.7 Å². The van der Waals surface area contributed by atoms with Crippen LogP contribution in [0.4, 0.5) is 0 Å². The summed E-state index contributed by atoms with van der Waals surface area (Å²) >= 11 is 0. The molecule has 0 atom stereocenters. The molecule has 0 radical (unpaired) electrons. The first-order valence-corrected chi connectivity index (χ1v) is 5.18. The van der Waals surface area contributed by atoms with Crippen molar-refractivity contribution in [3.8, 4) is 11.1 Å². The van der Waals surface area contributed by atoms with Gasteiger partial charge in [-0.15, -0.1) is 12.4 Å². The molecule has 2 aromatic rings. The fourth-order valence-electron chi connectivity index (χ4n) is 1.72. The van der Waals surface area contributed by atoms with E-state index in [0.29, 0.717) is 12.1 Å².